The normalized spacial score (nSPS) is 22.4. The van der Waals surface area contributed by atoms with E-state index in [1.54, 1.807) is 12.3 Å². The first-order valence-corrected chi connectivity index (χ1v) is 12.5. The summed E-state index contributed by atoms with van der Waals surface area (Å²) in [6, 6.07) is 3.18. The monoisotopic (exact) mass is 464 g/mol. The molecular weight excluding hydrogens is 444 g/mol. The molecule has 11 heteroatoms. The Kier molecular flexibility index (Phi) is 5.45. The molecule has 1 N–H and O–H groups in total. The number of nitrogens with zero attached hydrogens (tertiary/aromatic N) is 3. The van der Waals surface area contributed by atoms with Crippen LogP contribution in [0.2, 0.25) is 0 Å². The third kappa shape index (κ3) is 3.65. The maximum Gasteiger partial charge on any atom is 0.267 e. The standard InChI is InChI=1S/C19H20N4O4S3/c1-3-20-15-13(17(24)22-7-4-5-11(2)16(22)21-15)9-14-18(25)23(19(28)29-14)12-6-8-30(26,27)10-12/h4-5,7,9,12,20H,3,6,8,10H2,1-2H3/b14-9+. The van der Waals surface area contributed by atoms with E-state index in [2.05, 4.69) is 10.3 Å². The van der Waals surface area contributed by atoms with Gasteiger partial charge in [-0.25, -0.2) is 13.4 Å². The molecule has 2 aliphatic heterocycles. The van der Waals surface area contributed by atoms with Gasteiger partial charge in [0.25, 0.3) is 11.5 Å². The number of carbonyl (C=O) groups is 1. The second kappa shape index (κ2) is 7.78. The summed E-state index contributed by atoms with van der Waals surface area (Å²) in [5.41, 5.74) is 1.36. The maximum absolute atomic E-state index is 13.2. The molecule has 0 aliphatic carbocycles. The number of amides is 1. The van der Waals surface area contributed by atoms with Gasteiger partial charge < -0.3 is 5.32 Å². The molecule has 2 saturated heterocycles. The topological polar surface area (TPSA) is 101 Å². The van der Waals surface area contributed by atoms with E-state index >= 15 is 0 Å². The molecule has 2 fully saturated rings. The van der Waals surface area contributed by atoms with Crippen molar-refractivity contribution in [3.05, 3.63) is 44.7 Å². The third-order valence-corrected chi connectivity index (χ3v) is 8.18. The lowest BCUT2D eigenvalue weighted by atomic mass is 10.2. The van der Waals surface area contributed by atoms with Crippen LogP contribution in [0, 0.1) is 6.92 Å². The first-order chi connectivity index (χ1) is 14.2. The average Bonchev–Trinajstić information content (AvgIpc) is 3.17. The molecule has 158 valence electrons. The van der Waals surface area contributed by atoms with Crippen LogP contribution in [-0.2, 0) is 14.6 Å². The molecule has 0 bridgehead atoms. The van der Waals surface area contributed by atoms with Crippen molar-refractivity contribution < 1.29 is 13.2 Å². The van der Waals surface area contributed by atoms with E-state index < -0.39 is 15.9 Å². The number of anilines is 1. The zero-order valence-electron chi connectivity index (χ0n) is 16.4. The Morgan fingerprint density at radius 1 is 1.40 bits per heavy atom. The van der Waals surface area contributed by atoms with Gasteiger partial charge in [-0.3, -0.25) is 18.9 Å². The van der Waals surface area contributed by atoms with Crippen molar-refractivity contribution in [2.75, 3.05) is 23.4 Å². The fraction of sp³-hybridized carbons (Fsp3) is 0.368. The van der Waals surface area contributed by atoms with E-state index in [1.165, 1.54) is 15.4 Å². The number of aryl methyl sites for hydroxylation is 1. The summed E-state index contributed by atoms with van der Waals surface area (Å²) in [4.78, 5) is 32.4. The first kappa shape index (κ1) is 21.0. The fourth-order valence-corrected chi connectivity index (χ4v) is 6.73. The summed E-state index contributed by atoms with van der Waals surface area (Å²) in [5, 5.41) is 3.10. The van der Waals surface area contributed by atoms with E-state index in [1.807, 2.05) is 19.9 Å². The molecule has 1 unspecified atom stereocenters. The van der Waals surface area contributed by atoms with Crippen molar-refractivity contribution in [2.45, 2.75) is 26.3 Å². The van der Waals surface area contributed by atoms with E-state index in [-0.39, 0.29) is 33.4 Å². The Balaban J connectivity index is 1.79. The van der Waals surface area contributed by atoms with Crippen LogP contribution in [-0.4, -0.2) is 57.0 Å². The predicted octanol–water partition coefficient (Wildman–Crippen LogP) is 1.82. The molecular formula is C19H20N4O4S3. The molecule has 30 heavy (non-hydrogen) atoms. The van der Waals surface area contributed by atoms with Crippen LogP contribution in [0.25, 0.3) is 11.7 Å². The third-order valence-electron chi connectivity index (χ3n) is 5.10. The maximum atomic E-state index is 13.2. The number of sulfone groups is 1. The number of pyridine rings is 1. The van der Waals surface area contributed by atoms with Crippen LogP contribution < -0.4 is 10.9 Å². The number of rotatable bonds is 4. The second-order valence-electron chi connectivity index (χ2n) is 7.20. The van der Waals surface area contributed by atoms with Crippen LogP contribution in [0.1, 0.15) is 24.5 Å². The molecule has 0 saturated carbocycles. The molecule has 4 rings (SSSR count). The summed E-state index contributed by atoms with van der Waals surface area (Å²) in [7, 11) is -3.16. The van der Waals surface area contributed by atoms with Crippen molar-refractivity contribution >= 4 is 61.6 Å². The highest BCUT2D eigenvalue weighted by atomic mass is 32.2. The summed E-state index contributed by atoms with van der Waals surface area (Å²) in [6.07, 6.45) is 3.51. The van der Waals surface area contributed by atoms with Gasteiger partial charge in [-0.05, 0) is 38.0 Å². The molecule has 1 amide bonds. The summed E-state index contributed by atoms with van der Waals surface area (Å²) in [6.45, 7) is 4.32. The number of carbonyl (C=O) groups excluding carboxylic acids is 1. The Labute approximate surface area is 183 Å². The van der Waals surface area contributed by atoms with E-state index in [4.69, 9.17) is 12.2 Å². The van der Waals surface area contributed by atoms with Crippen molar-refractivity contribution in [1.82, 2.24) is 14.3 Å². The molecule has 0 aromatic carbocycles. The highest BCUT2D eigenvalue weighted by Crippen LogP contribution is 2.36. The van der Waals surface area contributed by atoms with Crippen LogP contribution in [0.4, 0.5) is 5.82 Å². The molecule has 0 radical (unpaired) electrons. The average molecular weight is 465 g/mol. The zero-order valence-corrected chi connectivity index (χ0v) is 18.9. The SMILES string of the molecule is CCNc1nc2c(C)cccn2c(=O)c1/C=C1/SC(=S)N(C2CCS(=O)(=O)C2)C1=O. The Morgan fingerprint density at radius 2 is 2.17 bits per heavy atom. The van der Waals surface area contributed by atoms with Crippen LogP contribution in [0.15, 0.2) is 28.0 Å². The number of thioether (sulfide) groups is 1. The number of aromatic nitrogens is 2. The molecule has 2 aromatic heterocycles. The number of thiocarbonyl (C=S) groups is 1. The van der Waals surface area contributed by atoms with Crippen molar-refractivity contribution in [3.8, 4) is 0 Å². The number of hydrogen-bond donors (Lipinski definition) is 1. The van der Waals surface area contributed by atoms with Gasteiger partial charge in [0.2, 0.25) is 0 Å². The quantitative estimate of drug-likeness (QED) is 0.540. The first-order valence-electron chi connectivity index (χ1n) is 9.45. The van der Waals surface area contributed by atoms with Crippen LogP contribution in [0.5, 0.6) is 0 Å². The van der Waals surface area contributed by atoms with E-state index in [9.17, 15) is 18.0 Å². The van der Waals surface area contributed by atoms with Crippen molar-refractivity contribution in [1.29, 1.82) is 0 Å². The van der Waals surface area contributed by atoms with Crippen LogP contribution in [0.3, 0.4) is 0 Å². The lowest BCUT2D eigenvalue weighted by Crippen LogP contribution is -2.39. The smallest absolute Gasteiger partial charge is 0.267 e. The van der Waals surface area contributed by atoms with E-state index in [0.717, 1.165) is 17.3 Å². The highest BCUT2D eigenvalue weighted by Gasteiger charge is 2.42. The Bertz CT molecular complexity index is 1270. The minimum absolute atomic E-state index is 0.0492. The predicted molar refractivity (Wildman–Crippen MR) is 122 cm³/mol. The van der Waals surface area contributed by atoms with Gasteiger partial charge in [-0.2, -0.15) is 0 Å². The molecule has 0 spiro atoms. The Morgan fingerprint density at radius 3 is 2.83 bits per heavy atom. The minimum Gasteiger partial charge on any atom is -0.370 e. The number of fused-ring (bicyclic) bond motifs is 1. The van der Waals surface area contributed by atoms with Crippen molar-refractivity contribution in [3.63, 3.8) is 0 Å². The zero-order chi connectivity index (χ0) is 21.6. The van der Waals surface area contributed by atoms with Gasteiger partial charge in [0.15, 0.2) is 9.84 Å². The largest absolute Gasteiger partial charge is 0.370 e. The van der Waals surface area contributed by atoms with Gasteiger partial charge in [0.1, 0.15) is 15.8 Å². The van der Waals surface area contributed by atoms with Gasteiger partial charge >= 0.3 is 0 Å². The molecule has 8 nitrogen and oxygen atoms in total. The lowest BCUT2D eigenvalue weighted by molar-refractivity contribution is -0.123. The lowest BCUT2D eigenvalue weighted by Gasteiger charge is -2.20. The van der Waals surface area contributed by atoms with E-state index in [0.29, 0.717) is 28.8 Å². The molecule has 2 aromatic rings. The van der Waals surface area contributed by atoms with Crippen LogP contribution >= 0.6 is 24.0 Å². The van der Waals surface area contributed by atoms with Gasteiger partial charge in [-0.1, -0.05) is 30.0 Å². The molecule has 1 atom stereocenters. The summed E-state index contributed by atoms with van der Waals surface area (Å²) >= 11 is 6.43. The highest BCUT2D eigenvalue weighted by molar-refractivity contribution is 8.26. The van der Waals surface area contributed by atoms with Crippen molar-refractivity contribution in [2.24, 2.45) is 0 Å². The van der Waals surface area contributed by atoms with Gasteiger partial charge in [0.05, 0.1) is 28.0 Å². The minimum atomic E-state index is -3.16. The van der Waals surface area contributed by atoms with Gasteiger partial charge in [-0.15, -0.1) is 0 Å². The summed E-state index contributed by atoms with van der Waals surface area (Å²) < 4.78 is 25.4. The second-order valence-corrected chi connectivity index (χ2v) is 11.1. The molecule has 4 heterocycles. The fourth-order valence-electron chi connectivity index (χ4n) is 3.65. The number of hydrogen-bond acceptors (Lipinski definition) is 8. The summed E-state index contributed by atoms with van der Waals surface area (Å²) in [5.74, 6) is -0.0172. The number of nitrogens with one attached hydrogen (secondary N) is 1. The molecule has 2 aliphatic rings. The van der Waals surface area contributed by atoms with Gasteiger partial charge in [0, 0.05) is 12.7 Å². The Hall–Kier alpha value is -2.24.